The molecule has 0 radical (unpaired) electrons. The molecule has 0 aliphatic heterocycles. The van der Waals surface area contributed by atoms with Gasteiger partial charge in [0.15, 0.2) is 0 Å². The molecule has 0 aliphatic carbocycles. The number of aromatic nitrogens is 2. The van der Waals surface area contributed by atoms with Crippen molar-refractivity contribution in [3.63, 3.8) is 0 Å². The molecule has 0 saturated heterocycles. The molecule has 1 aromatic heterocycles. The quantitative estimate of drug-likeness (QED) is 0.881. The fourth-order valence-electron chi connectivity index (χ4n) is 2.14. The number of hydrogen-bond acceptors (Lipinski definition) is 3. The van der Waals surface area contributed by atoms with Crippen LogP contribution in [0.1, 0.15) is 43.3 Å². The molecule has 20 heavy (non-hydrogen) atoms. The second-order valence-corrected chi connectivity index (χ2v) is 4.85. The Hall–Kier alpha value is -1.81. The molecule has 0 unspecified atom stereocenters. The van der Waals surface area contributed by atoms with Crippen LogP contribution < -0.4 is 4.74 Å². The minimum atomic E-state index is -0.482. The molecule has 1 N–H and O–H groups in total. The summed E-state index contributed by atoms with van der Waals surface area (Å²) in [5.41, 5.74) is 2.93. The molecular formula is C16H22N2O2. The first-order valence-electron chi connectivity index (χ1n) is 7.07. The van der Waals surface area contributed by atoms with Crippen LogP contribution in [0.3, 0.4) is 0 Å². The van der Waals surface area contributed by atoms with Crippen molar-refractivity contribution in [2.45, 2.75) is 39.4 Å². The van der Waals surface area contributed by atoms with Gasteiger partial charge in [-0.15, -0.1) is 0 Å². The fraction of sp³-hybridized carbons (Fsp3) is 0.438. The summed E-state index contributed by atoms with van der Waals surface area (Å²) >= 11 is 0. The number of ether oxygens (including phenoxy) is 1. The van der Waals surface area contributed by atoms with Crippen molar-refractivity contribution in [3.05, 3.63) is 47.3 Å². The van der Waals surface area contributed by atoms with E-state index >= 15 is 0 Å². The lowest BCUT2D eigenvalue weighted by molar-refractivity contribution is 0.166. The molecule has 1 atom stereocenters. The van der Waals surface area contributed by atoms with Gasteiger partial charge in [-0.2, -0.15) is 5.10 Å². The summed E-state index contributed by atoms with van der Waals surface area (Å²) in [6.07, 6.45) is 1.11. The van der Waals surface area contributed by atoms with Crippen molar-refractivity contribution in [1.82, 2.24) is 9.78 Å². The minimum Gasteiger partial charge on any atom is -0.487 e. The Morgan fingerprint density at radius 2 is 2.05 bits per heavy atom. The summed E-state index contributed by atoms with van der Waals surface area (Å²) in [4.78, 5) is 0. The Morgan fingerprint density at radius 3 is 2.70 bits per heavy atom. The average Bonchev–Trinajstić information content (AvgIpc) is 2.85. The zero-order valence-corrected chi connectivity index (χ0v) is 12.3. The van der Waals surface area contributed by atoms with Crippen molar-refractivity contribution in [2.24, 2.45) is 7.05 Å². The normalized spacial score (nSPS) is 12.4. The van der Waals surface area contributed by atoms with E-state index in [0.717, 1.165) is 29.1 Å². The second-order valence-electron chi connectivity index (χ2n) is 4.85. The molecule has 0 fully saturated rings. The highest BCUT2D eigenvalue weighted by Crippen LogP contribution is 2.27. The van der Waals surface area contributed by atoms with Gasteiger partial charge in [0.05, 0.1) is 17.5 Å². The van der Waals surface area contributed by atoms with E-state index in [4.69, 9.17) is 4.74 Å². The van der Waals surface area contributed by atoms with Gasteiger partial charge in [-0.1, -0.05) is 32.0 Å². The van der Waals surface area contributed by atoms with E-state index in [0.29, 0.717) is 13.0 Å². The fourth-order valence-corrected chi connectivity index (χ4v) is 2.14. The van der Waals surface area contributed by atoms with Crippen LogP contribution in [-0.4, -0.2) is 14.9 Å². The van der Waals surface area contributed by atoms with Gasteiger partial charge in [0.1, 0.15) is 12.4 Å². The van der Waals surface area contributed by atoms with Gasteiger partial charge in [0, 0.05) is 12.6 Å². The first-order chi connectivity index (χ1) is 9.65. The average molecular weight is 274 g/mol. The maximum atomic E-state index is 10.0. The highest BCUT2D eigenvalue weighted by Gasteiger charge is 2.12. The van der Waals surface area contributed by atoms with Crippen LogP contribution in [0.4, 0.5) is 0 Å². The van der Waals surface area contributed by atoms with E-state index in [1.54, 1.807) is 0 Å². The van der Waals surface area contributed by atoms with Crippen molar-refractivity contribution < 1.29 is 9.84 Å². The van der Waals surface area contributed by atoms with Gasteiger partial charge >= 0.3 is 0 Å². The molecule has 2 aromatic rings. The third kappa shape index (κ3) is 3.20. The van der Waals surface area contributed by atoms with E-state index in [-0.39, 0.29) is 0 Å². The number of aryl methyl sites for hydroxylation is 2. The van der Waals surface area contributed by atoms with Gasteiger partial charge < -0.3 is 9.84 Å². The van der Waals surface area contributed by atoms with E-state index in [2.05, 4.69) is 18.1 Å². The monoisotopic (exact) mass is 274 g/mol. The van der Waals surface area contributed by atoms with Gasteiger partial charge in [-0.05, 0) is 25.0 Å². The molecular weight excluding hydrogens is 252 g/mol. The Kier molecular flexibility index (Phi) is 4.79. The molecule has 4 heteroatoms. The van der Waals surface area contributed by atoms with Crippen LogP contribution in [0, 0.1) is 0 Å². The number of benzene rings is 1. The molecule has 2 rings (SSSR count). The molecule has 0 aliphatic rings. The standard InChI is InChI=1S/C16H22N2O2/c1-4-12-10-13(18(3)17-12)11-20-16-9-7-6-8-14(16)15(19)5-2/h6-10,15,19H,4-5,11H2,1-3H3/t15-/m1/s1. The number of aliphatic hydroxyl groups is 1. The number of nitrogens with zero attached hydrogens (tertiary/aromatic N) is 2. The van der Waals surface area contributed by atoms with Gasteiger partial charge in [0.25, 0.3) is 0 Å². The molecule has 1 heterocycles. The van der Waals surface area contributed by atoms with Crippen molar-refractivity contribution >= 4 is 0 Å². The largest absolute Gasteiger partial charge is 0.487 e. The van der Waals surface area contributed by atoms with Crippen molar-refractivity contribution in [2.75, 3.05) is 0 Å². The number of rotatable bonds is 6. The predicted molar refractivity (Wildman–Crippen MR) is 78.6 cm³/mol. The molecule has 0 amide bonds. The number of aliphatic hydroxyl groups excluding tert-OH is 1. The summed E-state index contributed by atoms with van der Waals surface area (Å²) in [7, 11) is 1.92. The van der Waals surface area contributed by atoms with Crippen molar-refractivity contribution in [3.8, 4) is 5.75 Å². The lowest BCUT2D eigenvalue weighted by Crippen LogP contribution is -2.05. The number of para-hydroxylation sites is 1. The van der Waals surface area contributed by atoms with Crippen molar-refractivity contribution in [1.29, 1.82) is 0 Å². The second kappa shape index (κ2) is 6.57. The maximum Gasteiger partial charge on any atom is 0.130 e. The molecule has 4 nitrogen and oxygen atoms in total. The highest BCUT2D eigenvalue weighted by atomic mass is 16.5. The Morgan fingerprint density at radius 1 is 1.30 bits per heavy atom. The molecule has 0 spiro atoms. The van der Waals surface area contributed by atoms with E-state index in [1.165, 1.54) is 0 Å². The lowest BCUT2D eigenvalue weighted by atomic mass is 10.1. The van der Waals surface area contributed by atoms with Crippen LogP contribution in [0.15, 0.2) is 30.3 Å². The maximum absolute atomic E-state index is 10.0. The van der Waals surface area contributed by atoms with E-state index in [9.17, 15) is 5.11 Å². The third-order valence-electron chi connectivity index (χ3n) is 3.43. The van der Waals surface area contributed by atoms with E-state index in [1.807, 2.05) is 42.9 Å². The third-order valence-corrected chi connectivity index (χ3v) is 3.43. The highest BCUT2D eigenvalue weighted by molar-refractivity contribution is 5.35. The molecule has 108 valence electrons. The zero-order chi connectivity index (χ0) is 14.5. The van der Waals surface area contributed by atoms with Crippen LogP contribution in [0.5, 0.6) is 5.75 Å². The van der Waals surface area contributed by atoms with Gasteiger partial charge in [-0.3, -0.25) is 4.68 Å². The van der Waals surface area contributed by atoms with Crippen LogP contribution in [0.2, 0.25) is 0 Å². The summed E-state index contributed by atoms with van der Waals surface area (Å²) < 4.78 is 7.71. The molecule has 0 saturated carbocycles. The predicted octanol–water partition coefficient (Wildman–Crippen LogP) is 3.00. The van der Waals surface area contributed by atoms with Gasteiger partial charge in [-0.25, -0.2) is 0 Å². The minimum absolute atomic E-state index is 0.455. The molecule has 1 aromatic carbocycles. The Labute approximate surface area is 120 Å². The van der Waals surface area contributed by atoms with Crippen LogP contribution >= 0.6 is 0 Å². The summed E-state index contributed by atoms with van der Waals surface area (Å²) in [6.45, 7) is 4.49. The number of hydrogen-bond donors (Lipinski definition) is 1. The summed E-state index contributed by atoms with van der Waals surface area (Å²) in [6, 6.07) is 9.69. The SMILES string of the molecule is CCc1cc(COc2ccccc2[C@H](O)CC)n(C)n1. The topological polar surface area (TPSA) is 47.3 Å². The first-order valence-corrected chi connectivity index (χ1v) is 7.07. The molecule has 0 bridgehead atoms. The summed E-state index contributed by atoms with van der Waals surface area (Å²) in [5.74, 6) is 0.737. The van der Waals surface area contributed by atoms with Crippen LogP contribution in [-0.2, 0) is 20.1 Å². The Balaban J connectivity index is 2.12. The van der Waals surface area contributed by atoms with E-state index < -0.39 is 6.10 Å². The van der Waals surface area contributed by atoms with Crippen LogP contribution in [0.25, 0.3) is 0 Å². The zero-order valence-electron chi connectivity index (χ0n) is 12.3. The van der Waals surface area contributed by atoms with Gasteiger partial charge in [0.2, 0.25) is 0 Å². The smallest absolute Gasteiger partial charge is 0.130 e. The first kappa shape index (κ1) is 14.6. The Bertz CT molecular complexity index is 563. The summed E-state index contributed by atoms with van der Waals surface area (Å²) in [5, 5.41) is 14.4. The lowest BCUT2D eigenvalue weighted by Gasteiger charge is -2.14.